The van der Waals surface area contributed by atoms with Crippen molar-refractivity contribution < 1.29 is 9.84 Å². The Bertz CT molecular complexity index is 759. The third-order valence-corrected chi connectivity index (χ3v) is 4.33. The first-order chi connectivity index (χ1) is 11.0. The van der Waals surface area contributed by atoms with Crippen LogP contribution < -0.4 is 5.56 Å². The summed E-state index contributed by atoms with van der Waals surface area (Å²) in [5.74, 6) is 0. The van der Waals surface area contributed by atoms with Gasteiger partial charge in [-0.05, 0) is 12.1 Å². The summed E-state index contributed by atoms with van der Waals surface area (Å²) >= 11 is 12.0. The van der Waals surface area contributed by atoms with Crippen molar-refractivity contribution in [3.8, 4) is 0 Å². The van der Waals surface area contributed by atoms with Gasteiger partial charge >= 0.3 is 0 Å². The van der Waals surface area contributed by atoms with Gasteiger partial charge in [0.15, 0.2) is 0 Å². The monoisotopic (exact) mass is 357 g/mol. The SMILES string of the molecule is O=c1c2cc(Cl)cc(Cl)c2ncn1CC(O)CN1CCOCC1. The molecule has 0 amide bonds. The normalized spacial score (nSPS) is 17.5. The fourth-order valence-corrected chi connectivity index (χ4v) is 3.23. The number of hydrogen-bond acceptors (Lipinski definition) is 5. The molecule has 1 unspecified atom stereocenters. The highest BCUT2D eigenvalue weighted by molar-refractivity contribution is 6.38. The van der Waals surface area contributed by atoms with Crippen molar-refractivity contribution >= 4 is 34.1 Å². The molecule has 0 radical (unpaired) electrons. The Morgan fingerprint density at radius 2 is 2.00 bits per heavy atom. The molecule has 1 aliphatic heterocycles. The Labute approximate surface area is 143 Å². The molecule has 124 valence electrons. The summed E-state index contributed by atoms with van der Waals surface area (Å²) < 4.78 is 6.66. The quantitative estimate of drug-likeness (QED) is 0.895. The molecule has 0 bridgehead atoms. The van der Waals surface area contributed by atoms with Crippen LogP contribution in [-0.2, 0) is 11.3 Å². The maximum absolute atomic E-state index is 12.5. The molecule has 1 N–H and O–H groups in total. The highest BCUT2D eigenvalue weighted by Gasteiger charge is 2.16. The zero-order valence-corrected chi connectivity index (χ0v) is 13.9. The minimum absolute atomic E-state index is 0.170. The molecule has 6 nitrogen and oxygen atoms in total. The van der Waals surface area contributed by atoms with Gasteiger partial charge in [0.1, 0.15) is 0 Å². The van der Waals surface area contributed by atoms with Crippen LogP contribution in [0.4, 0.5) is 0 Å². The summed E-state index contributed by atoms with van der Waals surface area (Å²) in [7, 11) is 0. The fraction of sp³-hybridized carbons (Fsp3) is 0.467. The molecule has 1 aliphatic rings. The highest BCUT2D eigenvalue weighted by Crippen LogP contribution is 2.23. The maximum Gasteiger partial charge on any atom is 0.261 e. The van der Waals surface area contributed by atoms with E-state index in [0.29, 0.717) is 40.7 Å². The zero-order valence-electron chi connectivity index (χ0n) is 12.4. The van der Waals surface area contributed by atoms with Crippen LogP contribution in [0.15, 0.2) is 23.3 Å². The molecular weight excluding hydrogens is 341 g/mol. The molecule has 0 saturated carbocycles. The maximum atomic E-state index is 12.5. The average Bonchev–Trinajstić information content (AvgIpc) is 2.51. The van der Waals surface area contributed by atoms with Crippen molar-refractivity contribution in [2.75, 3.05) is 32.8 Å². The molecule has 1 fully saturated rings. The Morgan fingerprint density at radius 1 is 1.26 bits per heavy atom. The van der Waals surface area contributed by atoms with Gasteiger partial charge in [-0.2, -0.15) is 0 Å². The van der Waals surface area contributed by atoms with Gasteiger partial charge < -0.3 is 9.84 Å². The zero-order chi connectivity index (χ0) is 16.4. The van der Waals surface area contributed by atoms with Crippen molar-refractivity contribution in [2.45, 2.75) is 12.6 Å². The highest BCUT2D eigenvalue weighted by atomic mass is 35.5. The Morgan fingerprint density at radius 3 is 2.74 bits per heavy atom. The third kappa shape index (κ3) is 3.84. The number of benzene rings is 1. The number of aliphatic hydroxyl groups excluding tert-OH is 1. The van der Waals surface area contributed by atoms with Crippen molar-refractivity contribution in [1.29, 1.82) is 0 Å². The second-order valence-corrected chi connectivity index (χ2v) is 6.40. The molecule has 3 rings (SSSR count). The molecule has 8 heteroatoms. The lowest BCUT2D eigenvalue weighted by molar-refractivity contribution is 0.0113. The van der Waals surface area contributed by atoms with E-state index in [-0.39, 0.29) is 12.1 Å². The molecule has 1 aromatic heterocycles. The number of aromatic nitrogens is 2. The first kappa shape index (κ1) is 16.7. The summed E-state index contributed by atoms with van der Waals surface area (Å²) in [4.78, 5) is 18.8. The first-order valence-electron chi connectivity index (χ1n) is 7.37. The van der Waals surface area contributed by atoms with Crippen LogP contribution in [0, 0.1) is 0 Å². The van der Waals surface area contributed by atoms with Crippen LogP contribution in [0.2, 0.25) is 10.0 Å². The lowest BCUT2D eigenvalue weighted by Crippen LogP contribution is -2.42. The molecule has 0 aliphatic carbocycles. The second-order valence-electron chi connectivity index (χ2n) is 5.55. The number of β-amino-alcohol motifs (C(OH)–C–C–N with tert-alkyl or cyclic N) is 1. The van der Waals surface area contributed by atoms with E-state index in [4.69, 9.17) is 27.9 Å². The summed E-state index contributed by atoms with van der Waals surface area (Å²) in [5.41, 5.74) is 0.153. The minimum Gasteiger partial charge on any atom is -0.390 e. The second kappa shape index (κ2) is 7.15. The number of morpholine rings is 1. The van der Waals surface area contributed by atoms with Crippen LogP contribution in [0.1, 0.15) is 0 Å². The molecule has 2 heterocycles. The van der Waals surface area contributed by atoms with Gasteiger partial charge in [-0.25, -0.2) is 4.98 Å². The van der Waals surface area contributed by atoms with E-state index in [2.05, 4.69) is 9.88 Å². The van der Waals surface area contributed by atoms with Gasteiger partial charge in [0.2, 0.25) is 0 Å². The van der Waals surface area contributed by atoms with Crippen LogP contribution in [0.25, 0.3) is 10.9 Å². The van der Waals surface area contributed by atoms with E-state index >= 15 is 0 Å². The Balaban J connectivity index is 1.80. The number of nitrogens with zero attached hydrogens (tertiary/aromatic N) is 3. The van der Waals surface area contributed by atoms with Crippen molar-refractivity contribution in [1.82, 2.24) is 14.5 Å². The average molecular weight is 358 g/mol. The summed E-state index contributed by atoms with van der Waals surface area (Å²) in [5, 5.41) is 11.3. The number of rotatable bonds is 4. The molecule has 1 aromatic carbocycles. The molecule has 1 atom stereocenters. The standard InChI is InChI=1S/C15H17Cl2N3O3/c16-10-5-12-14(13(17)6-10)18-9-20(15(12)22)8-11(21)7-19-1-3-23-4-2-19/h5-6,9,11,21H,1-4,7-8H2. The number of hydrogen-bond donors (Lipinski definition) is 1. The van der Waals surface area contributed by atoms with E-state index in [0.717, 1.165) is 13.1 Å². The predicted molar refractivity (Wildman–Crippen MR) is 89.3 cm³/mol. The first-order valence-corrected chi connectivity index (χ1v) is 8.12. The van der Waals surface area contributed by atoms with Crippen LogP contribution in [0.5, 0.6) is 0 Å². The van der Waals surface area contributed by atoms with Gasteiger partial charge in [0.05, 0.1) is 48.1 Å². The predicted octanol–water partition coefficient (Wildman–Crippen LogP) is 1.40. The van der Waals surface area contributed by atoms with Crippen LogP contribution >= 0.6 is 23.2 Å². The fourth-order valence-electron chi connectivity index (χ4n) is 2.69. The van der Waals surface area contributed by atoms with Crippen molar-refractivity contribution in [2.24, 2.45) is 0 Å². The van der Waals surface area contributed by atoms with E-state index in [1.54, 1.807) is 12.1 Å². The number of aliphatic hydroxyl groups is 1. The topological polar surface area (TPSA) is 67.6 Å². The molecule has 0 spiro atoms. The van der Waals surface area contributed by atoms with Gasteiger partial charge in [-0.15, -0.1) is 0 Å². The summed E-state index contributed by atoms with van der Waals surface area (Å²) in [6.07, 6.45) is 0.743. The van der Waals surface area contributed by atoms with E-state index in [9.17, 15) is 9.90 Å². The Kier molecular flexibility index (Phi) is 5.18. The molecular formula is C15H17Cl2N3O3. The van der Waals surface area contributed by atoms with E-state index in [1.807, 2.05) is 0 Å². The molecule has 23 heavy (non-hydrogen) atoms. The number of halogens is 2. The largest absolute Gasteiger partial charge is 0.390 e. The Hall–Kier alpha value is -1.18. The van der Waals surface area contributed by atoms with Gasteiger partial charge in [0.25, 0.3) is 5.56 Å². The third-order valence-electron chi connectivity index (χ3n) is 3.83. The lowest BCUT2D eigenvalue weighted by atomic mass is 10.2. The van der Waals surface area contributed by atoms with Crippen LogP contribution in [-0.4, -0.2) is 58.5 Å². The van der Waals surface area contributed by atoms with E-state index < -0.39 is 6.10 Å². The number of ether oxygens (including phenoxy) is 1. The summed E-state index contributed by atoms with van der Waals surface area (Å²) in [6, 6.07) is 3.10. The minimum atomic E-state index is -0.667. The van der Waals surface area contributed by atoms with Crippen molar-refractivity contribution in [3.05, 3.63) is 38.9 Å². The van der Waals surface area contributed by atoms with Crippen LogP contribution in [0.3, 0.4) is 0 Å². The molecule has 1 saturated heterocycles. The molecule has 2 aromatic rings. The van der Waals surface area contributed by atoms with E-state index in [1.165, 1.54) is 10.9 Å². The van der Waals surface area contributed by atoms with Gasteiger partial charge in [-0.3, -0.25) is 14.3 Å². The van der Waals surface area contributed by atoms with Gasteiger partial charge in [-0.1, -0.05) is 23.2 Å². The smallest absolute Gasteiger partial charge is 0.261 e. The van der Waals surface area contributed by atoms with Crippen molar-refractivity contribution in [3.63, 3.8) is 0 Å². The van der Waals surface area contributed by atoms with Gasteiger partial charge in [0, 0.05) is 24.7 Å². The summed E-state index contributed by atoms with van der Waals surface area (Å²) in [6.45, 7) is 3.57. The lowest BCUT2D eigenvalue weighted by Gasteiger charge is -2.28. The number of fused-ring (bicyclic) bond motifs is 1.